The van der Waals surface area contributed by atoms with Gasteiger partial charge in [0.05, 0.1) is 12.7 Å². The largest absolute Gasteiger partial charge is 0.373 e. The molecule has 1 fully saturated rings. The molecule has 1 aliphatic rings. The number of rotatable bonds is 6. The van der Waals surface area contributed by atoms with Crippen molar-refractivity contribution >= 4 is 0 Å². The zero-order valence-corrected chi connectivity index (χ0v) is 16.0. The minimum absolute atomic E-state index is 0.0185. The van der Waals surface area contributed by atoms with E-state index in [2.05, 4.69) is 6.92 Å². The lowest BCUT2D eigenvalue weighted by Gasteiger charge is -2.29. The average Bonchev–Trinajstić information content (AvgIpc) is 2.66. The van der Waals surface area contributed by atoms with Crippen LogP contribution in [-0.2, 0) is 17.8 Å². The summed E-state index contributed by atoms with van der Waals surface area (Å²) in [7, 11) is 0. The molecule has 0 N–H and O–H groups in total. The molecule has 1 saturated carbocycles. The minimum atomic E-state index is -0.743. The van der Waals surface area contributed by atoms with Gasteiger partial charge in [-0.3, -0.25) is 0 Å². The van der Waals surface area contributed by atoms with Gasteiger partial charge in [0, 0.05) is 5.56 Å². The topological polar surface area (TPSA) is 9.23 Å². The highest BCUT2D eigenvalue weighted by atomic mass is 19.2. The molecule has 0 spiro atoms. The Morgan fingerprint density at radius 2 is 1.70 bits per heavy atom. The molecule has 4 heteroatoms. The van der Waals surface area contributed by atoms with Crippen molar-refractivity contribution in [1.29, 1.82) is 0 Å². The molecule has 0 atom stereocenters. The molecule has 3 rings (SSSR count). The van der Waals surface area contributed by atoms with Gasteiger partial charge in [-0.1, -0.05) is 37.6 Å². The van der Waals surface area contributed by atoms with Crippen LogP contribution in [-0.4, -0.2) is 6.10 Å². The van der Waals surface area contributed by atoms with Crippen LogP contribution >= 0.6 is 0 Å². The fourth-order valence-electron chi connectivity index (χ4n) is 3.88. The van der Waals surface area contributed by atoms with Gasteiger partial charge in [0.2, 0.25) is 0 Å². The van der Waals surface area contributed by atoms with Crippen LogP contribution in [0.1, 0.15) is 67.2 Å². The van der Waals surface area contributed by atoms with Gasteiger partial charge in [-0.05, 0) is 67.7 Å². The Morgan fingerprint density at radius 1 is 0.963 bits per heavy atom. The highest BCUT2D eigenvalue weighted by Gasteiger charge is 2.26. The van der Waals surface area contributed by atoms with Crippen LogP contribution < -0.4 is 0 Å². The first-order valence-corrected chi connectivity index (χ1v) is 9.83. The first kappa shape index (κ1) is 19.9. The van der Waals surface area contributed by atoms with Crippen LogP contribution in [0.5, 0.6) is 0 Å². The average molecular weight is 376 g/mol. The summed E-state index contributed by atoms with van der Waals surface area (Å²) in [5.41, 5.74) is 2.38. The van der Waals surface area contributed by atoms with Crippen LogP contribution in [0.25, 0.3) is 0 Å². The van der Waals surface area contributed by atoms with Gasteiger partial charge in [0.1, 0.15) is 5.82 Å². The van der Waals surface area contributed by atoms with Crippen molar-refractivity contribution in [3.05, 3.63) is 70.0 Å². The van der Waals surface area contributed by atoms with E-state index in [1.807, 2.05) is 6.07 Å². The van der Waals surface area contributed by atoms with E-state index in [0.717, 1.165) is 44.1 Å². The first-order valence-electron chi connectivity index (χ1n) is 9.83. The van der Waals surface area contributed by atoms with Crippen LogP contribution in [0, 0.1) is 24.4 Å². The summed E-state index contributed by atoms with van der Waals surface area (Å²) in [6.07, 6.45) is 4.95. The third kappa shape index (κ3) is 4.73. The lowest BCUT2D eigenvalue weighted by Crippen LogP contribution is -2.21. The van der Waals surface area contributed by atoms with Crippen molar-refractivity contribution in [2.75, 3.05) is 0 Å². The van der Waals surface area contributed by atoms with E-state index in [0.29, 0.717) is 16.7 Å². The summed E-state index contributed by atoms with van der Waals surface area (Å²) in [5.74, 6) is -1.65. The van der Waals surface area contributed by atoms with Crippen LogP contribution in [0.3, 0.4) is 0 Å². The van der Waals surface area contributed by atoms with Gasteiger partial charge in [0.15, 0.2) is 11.6 Å². The molecule has 0 unspecified atom stereocenters. The molecular weight excluding hydrogens is 349 g/mol. The number of halogens is 3. The predicted molar refractivity (Wildman–Crippen MR) is 101 cm³/mol. The molecule has 0 heterocycles. The quantitative estimate of drug-likeness (QED) is 0.551. The number of aryl methyl sites for hydroxylation is 2. The Kier molecular flexibility index (Phi) is 6.59. The number of hydrogen-bond donors (Lipinski definition) is 0. The highest BCUT2D eigenvalue weighted by molar-refractivity contribution is 5.28. The van der Waals surface area contributed by atoms with E-state index in [-0.39, 0.29) is 24.4 Å². The molecule has 27 heavy (non-hydrogen) atoms. The standard InChI is InChI=1S/C23H27F3O/c1-3-4-16-6-7-18(21(24)13-16)14-27-19-10-8-17(9-11-19)20-12-5-15(2)22(25)23(20)26/h5-7,12-13,17,19H,3-4,8-11,14H2,1-2H3. The maximum absolute atomic E-state index is 14.2. The molecule has 2 aromatic carbocycles. The van der Waals surface area contributed by atoms with E-state index >= 15 is 0 Å². The third-order valence-corrected chi connectivity index (χ3v) is 5.55. The summed E-state index contributed by atoms with van der Waals surface area (Å²) in [4.78, 5) is 0. The van der Waals surface area contributed by atoms with E-state index in [1.54, 1.807) is 31.2 Å². The van der Waals surface area contributed by atoms with Gasteiger partial charge in [-0.15, -0.1) is 0 Å². The van der Waals surface area contributed by atoms with Gasteiger partial charge in [-0.25, -0.2) is 13.2 Å². The molecule has 0 amide bonds. The molecule has 0 aliphatic heterocycles. The molecule has 146 valence electrons. The Labute approximate surface area is 159 Å². The van der Waals surface area contributed by atoms with Crippen molar-refractivity contribution in [1.82, 2.24) is 0 Å². The predicted octanol–water partition coefficient (Wildman–Crippen LogP) is 6.61. The summed E-state index contributed by atoms with van der Waals surface area (Å²) in [6.45, 7) is 3.89. The normalized spacial score (nSPS) is 20.0. The second kappa shape index (κ2) is 8.92. The van der Waals surface area contributed by atoms with Crippen molar-refractivity contribution in [3.63, 3.8) is 0 Å². The maximum Gasteiger partial charge on any atom is 0.162 e. The summed E-state index contributed by atoms with van der Waals surface area (Å²) in [5, 5.41) is 0. The second-order valence-electron chi connectivity index (χ2n) is 7.56. The number of hydrogen-bond acceptors (Lipinski definition) is 1. The second-order valence-corrected chi connectivity index (χ2v) is 7.56. The Balaban J connectivity index is 1.54. The number of benzene rings is 2. The lowest BCUT2D eigenvalue weighted by molar-refractivity contribution is 0.0118. The van der Waals surface area contributed by atoms with E-state index in [9.17, 15) is 13.2 Å². The molecule has 0 radical (unpaired) electrons. The van der Waals surface area contributed by atoms with Gasteiger partial charge in [-0.2, -0.15) is 0 Å². The molecule has 0 aromatic heterocycles. The van der Waals surface area contributed by atoms with Crippen molar-refractivity contribution in [2.45, 2.75) is 71.0 Å². The smallest absolute Gasteiger partial charge is 0.162 e. The van der Waals surface area contributed by atoms with Gasteiger partial charge in [0.25, 0.3) is 0 Å². The van der Waals surface area contributed by atoms with Crippen molar-refractivity contribution in [2.24, 2.45) is 0 Å². The summed E-state index contributed by atoms with van der Waals surface area (Å²) >= 11 is 0. The van der Waals surface area contributed by atoms with Gasteiger partial charge < -0.3 is 4.74 Å². The van der Waals surface area contributed by atoms with Gasteiger partial charge >= 0.3 is 0 Å². The molecule has 1 aliphatic carbocycles. The Morgan fingerprint density at radius 3 is 2.37 bits per heavy atom. The zero-order valence-electron chi connectivity index (χ0n) is 16.0. The highest BCUT2D eigenvalue weighted by Crippen LogP contribution is 2.36. The lowest BCUT2D eigenvalue weighted by atomic mass is 9.82. The third-order valence-electron chi connectivity index (χ3n) is 5.55. The molecule has 0 bridgehead atoms. The fraction of sp³-hybridized carbons (Fsp3) is 0.478. The van der Waals surface area contributed by atoms with Crippen molar-refractivity contribution in [3.8, 4) is 0 Å². The molecule has 0 saturated heterocycles. The fourth-order valence-corrected chi connectivity index (χ4v) is 3.88. The SMILES string of the molecule is CCCc1ccc(COC2CCC(c3ccc(C)c(F)c3F)CC2)c(F)c1. The van der Waals surface area contributed by atoms with Crippen LogP contribution in [0.4, 0.5) is 13.2 Å². The Hall–Kier alpha value is -1.81. The van der Waals surface area contributed by atoms with Crippen LogP contribution in [0.2, 0.25) is 0 Å². The minimum Gasteiger partial charge on any atom is -0.373 e. The van der Waals surface area contributed by atoms with E-state index in [1.165, 1.54) is 0 Å². The van der Waals surface area contributed by atoms with Crippen LogP contribution in [0.15, 0.2) is 30.3 Å². The molecule has 1 nitrogen and oxygen atoms in total. The maximum atomic E-state index is 14.2. The summed E-state index contributed by atoms with van der Waals surface area (Å²) < 4.78 is 48.1. The van der Waals surface area contributed by atoms with E-state index < -0.39 is 11.6 Å². The zero-order chi connectivity index (χ0) is 19.4. The Bertz CT molecular complexity index is 779. The number of ether oxygens (including phenoxy) is 1. The van der Waals surface area contributed by atoms with Crippen molar-refractivity contribution < 1.29 is 17.9 Å². The molecular formula is C23H27F3O. The summed E-state index contributed by atoms with van der Waals surface area (Å²) in [6, 6.07) is 8.69. The first-order chi connectivity index (χ1) is 13.0. The van der Waals surface area contributed by atoms with E-state index in [4.69, 9.17) is 4.74 Å². The molecule has 2 aromatic rings. The monoisotopic (exact) mass is 376 g/mol.